The number of methoxy groups -OCH3 is 1. The van der Waals surface area contributed by atoms with E-state index in [1.54, 1.807) is 31.3 Å². The predicted octanol–water partition coefficient (Wildman–Crippen LogP) is 2.54. The molecule has 13 nitrogen and oxygen atoms in total. The van der Waals surface area contributed by atoms with Crippen molar-refractivity contribution < 1.29 is 18.7 Å². The molecule has 2 amide bonds. The van der Waals surface area contributed by atoms with Crippen molar-refractivity contribution in [2.75, 3.05) is 31.8 Å². The van der Waals surface area contributed by atoms with Gasteiger partial charge in [0.05, 0.1) is 23.9 Å². The Kier molecular flexibility index (Phi) is 8.82. The molecule has 0 radical (unpaired) electrons. The van der Waals surface area contributed by atoms with Crippen LogP contribution >= 0.6 is 0 Å². The number of carbonyl (C=O) groups excluding carboxylic acids is 2. The van der Waals surface area contributed by atoms with Crippen LogP contribution in [0.5, 0.6) is 5.75 Å². The van der Waals surface area contributed by atoms with Crippen LogP contribution in [0.15, 0.2) is 61.4 Å². The Balaban J connectivity index is 1.42. The zero-order valence-corrected chi connectivity index (χ0v) is 22.6. The second-order valence-corrected chi connectivity index (χ2v) is 9.05. The van der Waals surface area contributed by atoms with E-state index in [0.717, 1.165) is 16.3 Å². The summed E-state index contributed by atoms with van der Waals surface area (Å²) in [6.07, 6.45) is 3.90. The zero-order valence-electron chi connectivity index (χ0n) is 22.6. The molecule has 41 heavy (non-hydrogen) atoms. The minimum Gasteiger partial charge on any atom is -0.496 e. The molecular formula is C27H29FN10O3. The van der Waals surface area contributed by atoms with Gasteiger partial charge in [-0.05, 0) is 30.7 Å². The third-order valence-corrected chi connectivity index (χ3v) is 6.37. The second kappa shape index (κ2) is 12.6. The van der Waals surface area contributed by atoms with E-state index in [-0.39, 0.29) is 41.5 Å². The number of anilines is 2. The fraction of sp³-hybridized carbons (Fsp3) is 0.222. The molecule has 0 aliphatic carbocycles. The molecule has 2 aromatic carbocycles. The minimum absolute atomic E-state index is 0.0883. The van der Waals surface area contributed by atoms with Crippen molar-refractivity contribution in [3.05, 3.63) is 89.5 Å². The monoisotopic (exact) mass is 560 g/mol. The first-order valence-electron chi connectivity index (χ1n) is 12.5. The number of hydrogen-bond donors (Lipinski definition) is 4. The zero-order chi connectivity index (χ0) is 29.5. The van der Waals surface area contributed by atoms with Crippen LogP contribution in [-0.4, -0.2) is 74.0 Å². The third-order valence-electron chi connectivity index (χ3n) is 6.37. The maximum absolute atomic E-state index is 13.6. The smallest absolute Gasteiger partial charge is 0.346 e. The average Bonchev–Trinajstić information content (AvgIpc) is 3.53. The van der Waals surface area contributed by atoms with E-state index in [2.05, 4.69) is 30.7 Å². The number of nitrogens with one attached hydrogen (secondary N) is 3. The summed E-state index contributed by atoms with van der Waals surface area (Å²) in [6.45, 7) is 2.33. The highest BCUT2D eigenvalue weighted by Crippen LogP contribution is 2.23. The number of nitrogens with two attached hydrogens (primary N) is 1. The van der Waals surface area contributed by atoms with Gasteiger partial charge in [-0.15, -0.1) is 0 Å². The van der Waals surface area contributed by atoms with E-state index < -0.39 is 11.7 Å². The first-order valence-corrected chi connectivity index (χ1v) is 12.5. The largest absolute Gasteiger partial charge is 0.496 e. The molecule has 5 N–H and O–H groups in total. The highest BCUT2D eigenvalue weighted by atomic mass is 19.1. The first kappa shape index (κ1) is 28.6. The normalized spacial score (nSPS) is 11.4. The standard InChI is InChI=1S/C27H29FN10O3/c1-16(37(2)27(40)38-15-31-13-36-38)11-32-25-22(24(30)34-14-35-25)23(29)18-6-4-17(5-7-18)12-33-26(39)20-10-19(28)8-9-21(20)41-3/h4-10,13-16,29H,11-12H2,1-3H3,(H,33,39)(H3,30,32,34,35)/t16-/m1/s1. The Morgan fingerprint density at radius 1 is 1.17 bits per heavy atom. The molecule has 1 atom stereocenters. The van der Waals surface area contributed by atoms with Gasteiger partial charge in [0.15, 0.2) is 0 Å². The molecule has 4 rings (SSSR count). The van der Waals surface area contributed by atoms with Gasteiger partial charge in [-0.2, -0.15) is 9.78 Å². The Hall–Kier alpha value is -5.40. The number of carbonyl (C=O) groups is 2. The summed E-state index contributed by atoms with van der Waals surface area (Å²) in [5.41, 5.74) is 7.93. The first-order chi connectivity index (χ1) is 19.7. The fourth-order valence-corrected chi connectivity index (χ4v) is 3.89. The van der Waals surface area contributed by atoms with Crippen LogP contribution in [0, 0.1) is 11.2 Å². The van der Waals surface area contributed by atoms with Crippen molar-refractivity contribution in [2.24, 2.45) is 0 Å². The minimum atomic E-state index is -0.543. The van der Waals surface area contributed by atoms with Crippen molar-refractivity contribution in [1.82, 2.24) is 34.9 Å². The number of halogens is 1. The van der Waals surface area contributed by atoms with Gasteiger partial charge in [-0.3, -0.25) is 10.2 Å². The van der Waals surface area contributed by atoms with Crippen LogP contribution in [0.1, 0.15) is 34.0 Å². The lowest BCUT2D eigenvalue weighted by atomic mass is 10.0. The molecule has 0 aliphatic heterocycles. The lowest BCUT2D eigenvalue weighted by Gasteiger charge is -2.25. The van der Waals surface area contributed by atoms with Crippen molar-refractivity contribution in [3.8, 4) is 5.75 Å². The molecule has 0 saturated heterocycles. The maximum Gasteiger partial charge on any atom is 0.346 e. The van der Waals surface area contributed by atoms with E-state index in [1.165, 1.54) is 43.1 Å². The fourth-order valence-electron chi connectivity index (χ4n) is 3.89. The number of benzene rings is 2. The number of rotatable bonds is 10. The summed E-state index contributed by atoms with van der Waals surface area (Å²) in [7, 11) is 3.05. The van der Waals surface area contributed by atoms with Crippen molar-refractivity contribution in [1.29, 1.82) is 5.41 Å². The summed E-state index contributed by atoms with van der Waals surface area (Å²) >= 11 is 0. The highest BCUT2D eigenvalue weighted by molar-refractivity contribution is 6.16. The second-order valence-electron chi connectivity index (χ2n) is 9.05. The Morgan fingerprint density at radius 3 is 2.61 bits per heavy atom. The number of likely N-dealkylation sites (N-methyl/N-ethyl adjacent to an activating group) is 1. The van der Waals surface area contributed by atoms with Gasteiger partial charge in [0.2, 0.25) is 0 Å². The molecule has 0 aliphatic rings. The average molecular weight is 561 g/mol. The van der Waals surface area contributed by atoms with Gasteiger partial charge in [0.25, 0.3) is 5.91 Å². The molecule has 0 fully saturated rings. The van der Waals surface area contributed by atoms with Crippen molar-refractivity contribution in [2.45, 2.75) is 19.5 Å². The summed E-state index contributed by atoms with van der Waals surface area (Å²) in [5.74, 6) is -0.295. The third kappa shape index (κ3) is 6.61. The summed E-state index contributed by atoms with van der Waals surface area (Å²) in [6, 6.07) is 10.1. The van der Waals surface area contributed by atoms with E-state index in [4.69, 9.17) is 15.9 Å². The Labute approximate surface area is 235 Å². The van der Waals surface area contributed by atoms with Crippen LogP contribution in [0.2, 0.25) is 0 Å². The Morgan fingerprint density at radius 2 is 1.93 bits per heavy atom. The number of nitrogen functional groups attached to an aromatic ring is 1. The summed E-state index contributed by atoms with van der Waals surface area (Å²) < 4.78 is 19.9. The lowest BCUT2D eigenvalue weighted by Crippen LogP contribution is -2.42. The van der Waals surface area contributed by atoms with Crippen LogP contribution in [-0.2, 0) is 6.54 Å². The quantitative estimate of drug-likeness (QED) is 0.212. The van der Waals surface area contributed by atoms with Crippen LogP contribution in [0.4, 0.5) is 20.8 Å². The summed E-state index contributed by atoms with van der Waals surface area (Å²) in [4.78, 5) is 38.7. The molecule has 212 valence electrons. The lowest BCUT2D eigenvalue weighted by molar-refractivity contribution is 0.0947. The van der Waals surface area contributed by atoms with E-state index in [9.17, 15) is 14.0 Å². The molecule has 0 unspecified atom stereocenters. The molecule has 0 saturated carbocycles. The maximum atomic E-state index is 13.6. The van der Waals surface area contributed by atoms with Gasteiger partial charge >= 0.3 is 6.03 Å². The van der Waals surface area contributed by atoms with Crippen molar-refractivity contribution in [3.63, 3.8) is 0 Å². The van der Waals surface area contributed by atoms with E-state index >= 15 is 0 Å². The van der Waals surface area contributed by atoms with Crippen molar-refractivity contribution >= 4 is 29.3 Å². The highest BCUT2D eigenvalue weighted by Gasteiger charge is 2.21. The molecule has 2 aromatic heterocycles. The molecule has 2 heterocycles. The van der Waals surface area contributed by atoms with E-state index in [1.807, 2.05) is 6.92 Å². The Bertz CT molecular complexity index is 1540. The molecule has 0 bridgehead atoms. The number of aromatic nitrogens is 5. The molecule has 0 spiro atoms. The molecular weight excluding hydrogens is 531 g/mol. The summed E-state index contributed by atoms with van der Waals surface area (Å²) in [5, 5.41) is 18.6. The van der Waals surface area contributed by atoms with Crippen LogP contribution < -0.4 is 21.1 Å². The number of hydrogen-bond acceptors (Lipinski definition) is 10. The number of amides is 2. The van der Waals surface area contributed by atoms with Crippen LogP contribution in [0.3, 0.4) is 0 Å². The molecule has 14 heteroatoms. The number of nitrogens with zero attached hydrogens (tertiary/aromatic N) is 6. The van der Waals surface area contributed by atoms with Crippen LogP contribution in [0.25, 0.3) is 0 Å². The van der Waals surface area contributed by atoms with Gasteiger partial charge in [0.1, 0.15) is 42.2 Å². The van der Waals surface area contributed by atoms with Gasteiger partial charge in [-0.25, -0.2) is 24.1 Å². The van der Waals surface area contributed by atoms with Gasteiger partial charge < -0.3 is 26.0 Å². The molecule has 4 aromatic rings. The predicted molar refractivity (Wildman–Crippen MR) is 149 cm³/mol. The van der Waals surface area contributed by atoms with E-state index in [0.29, 0.717) is 23.5 Å². The number of ether oxygens (including phenoxy) is 1. The SMILES string of the molecule is COc1ccc(F)cc1C(=O)NCc1ccc(C(=N)c2c(N)ncnc2NC[C@@H](C)N(C)C(=O)n2cncn2)cc1. The van der Waals surface area contributed by atoms with Gasteiger partial charge in [0, 0.05) is 31.7 Å². The van der Waals surface area contributed by atoms with Gasteiger partial charge in [-0.1, -0.05) is 24.3 Å². The topological polar surface area (TPSA) is 177 Å².